The van der Waals surface area contributed by atoms with E-state index in [2.05, 4.69) is 10.9 Å². The van der Waals surface area contributed by atoms with Gasteiger partial charge in [-0.05, 0) is 41.8 Å². The van der Waals surface area contributed by atoms with Gasteiger partial charge in [0.1, 0.15) is 11.6 Å². The molecule has 0 radical (unpaired) electrons. The Labute approximate surface area is 150 Å². The largest absolute Gasteiger partial charge is 0.495 e. The van der Waals surface area contributed by atoms with E-state index in [1.165, 1.54) is 31.4 Å². The van der Waals surface area contributed by atoms with Gasteiger partial charge >= 0.3 is 0 Å². The Balaban J connectivity index is 1.74. The van der Waals surface area contributed by atoms with Crippen LogP contribution in [0.3, 0.4) is 0 Å². The molecule has 0 saturated heterocycles. The summed E-state index contributed by atoms with van der Waals surface area (Å²) in [5, 5.41) is 0.480. The molecule has 5 nitrogen and oxygen atoms in total. The van der Waals surface area contributed by atoms with Gasteiger partial charge in [0.15, 0.2) is 0 Å². The van der Waals surface area contributed by atoms with Gasteiger partial charge < -0.3 is 4.74 Å². The number of hydrogen-bond donors (Lipinski definition) is 2. The Bertz CT molecular complexity index is 750. The molecule has 7 heteroatoms. The van der Waals surface area contributed by atoms with Crippen LogP contribution in [0.4, 0.5) is 4.39 Å². The van der Waals surface area contributed by atoms with Gasteiger partial charge in [-0.1, -0.05) is 29.8 Å². The van der Waals surface area contributed by atoms with Crippen LogP contribution in [0.1, 0.15) is 17.5 Å². The number of hydrazine groups is 1. The number of carbonyl (C=O) groups is 2. The molecule has 25 heavy (non-hydrogen) atoms. The Morgan fingerprint density at radius 3 is 2.32 bits per heavy atom. The van der Waals surface area contributed by atoms with Crippen molar-refractivity contribution < 1.29 is 18.7 Å². The van der Waals surface area contributed by atoms with Crippen molar-refractivity contribution in [3.63, 3.8) is 0 Å². The molecule has 0 aliphatic rings. The third-order valence-corrected chi connectivity index (χ3v) is 3.77. The van der Waals surface area contributed by atoms with E-state index < -0.39 is 0 Å². The zero-order chi connectivity index (χ0) is 18.2. The number of ether oxygens (including phenoxy) is 1. The topological polar surface area (TPSA) is 67.4 Å². The number of benzene rings is 2. The summed E-state index contributed by atoms with van der Waals surface area (Å²) in [6, 6.07) is 10.9. The Morgan fingerprint density at radius 2 is 1.68 bits per heavy atom. The van der Waals surface area contributed by atoms with Gasteiger partial charge in [-0.3, -0.25) is 20.4 Å². The SMILES string of the molecule is COc1ccc(CCC(=O)NNC(=O)Cc2ccc(F)cc2)cc1Cl. The van der Waals surface area contributed by atoms with Gasteiger partial charge in [0, 0.05) is 6.42 Å². The summed E-state index contributed by atoms with van der Waals surface area (Å²) in [7, 11) is 1.53. The summed E-state index contributed by atoms with van der Waals surface area (Å²) < 4.78 is 17.9. The highest BCUT2D eigenvalue weighted by Gasteiger charge is 2.08. The highest BCUT2D eigenvalue weighted by molar-refractivity contribution is 6.32. The Kier molecular flexibility index (Phi) is 6.77. The maximum atomic E-state index is 12.8. The summed E-state index contributed by atoms with van der Waals surface area (Å²) >= 11 is 6.03. The Hall–Kier alpha value is -2.60. The van der Waals surface area contributed by atoms with Gasteiger partial charge in [-0.25, -0.2) is 4.39 Å². The first kappa shape index (κ1) is 18.7. The third kappa shape index (κ3) is 6.08. The molecule has 2 aromatic rings. The van der Waals surface area contributed by atoms with Crippen LogP contribution in [0.25, 0.3) is 0 Å². The van der Waals surface area contributed by atoms with Crippen molar-refractivity contribution in [2.24, 2.45) is 0 Å². The molecule has 0 saturated carbocycles. The van der Waals surface area contributed by atoms with E-state index in [-0.39, 0.29) is 30.5 Å². The number of amides is 2. The standard InChI is InChI=1S/C18H18ClFN2O3/c1-25-16-8-4-12(10-15(16)19)5-9-17(23)21-22-18(24)11-13-2-6-14(20)7-3-13/h2-4,6-8,10H,5,9,11H2,1H3,(H,21,23)(H,22,24). The summed E-state index contributed by atoms with van der Waals surface area (Å²) in [5.74, 6) is -0.495. The maximum absolute atomic E-state index is 12.8. The van der Waals surface area contributed by atoms with Crippen LogP contribution in [0.5, 0.6) is 5.75 Å². The molecule has 0 spiro atoms. The maximum Gasteiger partial charge on any atom is 0.242 e. The lowest BCUT2D eigenvalue weighted by molar-refractivity contribution is -0.128. The fourth-order valence-corrected chi connectivity index (χ4v) is 2.44. The van der Waals surface area contributed by atoms with Gasteiger partial charge in [-0.15, -0.1) is 0 Å². The van der Waals surface area contributed by atoms with Crippen LogP contribution in [-0.2, 0) is 22.4 Å². The summed E-state index contributed by atoms with van der Waals surface area (Å²) in [4.78, 5) is 23.5. The molecule has 0 bridgehead atoms. The van der Waals surface area contributed by atoms with Crippen LogP contribution in [-0.4, -0.2) is 18.9 Å². The predicted molar refractivity (Wildman–Crippen MR) is 92.7 cm³/mol. The molecule has 132 valence electrons. The number of methoxy groups -OCH3 is 1. The number of nitrogens with one attached hydrogen (secondary N) is 2. The van der Waals surface area contributed by atoms with Crippen molar-refractivity contribution in [2.75, 3.05) is 7.11 Å². The first-order valence-corrected chi connectivity index (χ1v) is 8.00. The molecular weight excluding hydrogens is 347 g/mol. The van der Waals surface area contributed by atoms with E-state index in [9.17, 15) is 14.0 Å². The average Bonchev–Trinajstić information content (AvgIpc) is 2.60. The van der Waals surface area contributed by atoms with Gasteiger partial charge in [0.25, 0.3) is 0 Å². The van der Waals surface area contributed by atoms with Gasteiger partial charge in [0.05, 0.1) is 18.6 Å². The highest BCUT2D eigenvalue weighted by Crippen LogP contribution is 2.25. The van der Waals surface area contributed by atoms with Gasteiger partial charge in [0.2, 0.25) is 11.8 Å². The minimum atomic E-state index is -0.382. The zero-order valence-corrected chi connectivity index (χ0v) is 14.4. The molecule has 0 aliphatic heterocycles. The molecular formula is C18H18ClFN2O3. The van der Waals surface area contributed by atoms with Crippen molar-refractivity contribution in [1.29, 1.82) is 0 Å². The molecule has 2 amide bonds. The van der Waals surface area contributed by atoms with Crippen molar-refractivity contribution in [3.05, 3.63) is 64.4 Å². The van der Waals surface area contributed by atoms with Crippen molar-refractivity contribution in [1.82, 2.24) is 10.9 Å². The van der Waals surface area contributed by atoms with E-state index in [4.69, 9.17) is 16.3 Å². The fraction of sp³-hybridized carbons (Fsp3) is 0.222. The predicted octanol–water partition coefficient (Wildman–Crippen LogP) is 2.81. The second-order valence-corrected chi connectivity index (χ2v) is 5.78. The van der Waals surface area contributed by atoms with Crippen LogP contribution in [0, 0.1) is 5.82 Å². The molecule has 2 aromatic carbocycles. The lowest BCUT2D eigenvalue weighted by Crippen LogP contribution is -2.42. The second kappa shape index (κ2) is 9.03. The molecule has 2 N–H and O–H groups in total. The molecule has 0 aliphatic carbocycles. The first-order valence-electron chi connectivity index (χ1n) is 7.62. The number of rotatable bonds is 6. The van der Waals surface area contributed by atoms with E-state index in [1.807, 2.05) is 6.07 Å². The number of carbonyl (C=O) groups excluding carboxylic acids is 2. The number of aryl methyl sites for hydroxylation is 1. The molecule has 0 heterocycles. The quantitative estimate of drug-likeness (QED) is 0.774. The smallest absolute Gasteiger partial charge is 0.242 e. The summed E-state index contributed by atoms with van der Waals surface area (Å²) in [6.45, 7) is 0. The minimum Gasteiger partial charge on any atom is -0.495 e. The normalized spacial score (nSPS) is 10.2. The molecule has 0 unspecified atom stereocenters. The second-order valence-electron chi connectivity index (χ2n) is 5.37. The fourth-order valence-electron chi connectivity index (χ4n) is 2.16. The first-order chi connectivity index (χ1) is 12.0. The zero-order valence-electron chi connectivity index (χ0n) is 13.6. The van der Waals surface area contributed by atoms with E-state index in [0.29, 0.717) is 22.8 Å². The summed E-state index contributed by atoms with van der Waals surface area (Å²) in [6.07, 6.45) is 0.720. The minimum absolute atomic E-state index is 0.0502. The molecule has 0 fully saturated rings. The van der Waals surface area contributed by atoms with E-state index in [0.717, 1.165) is 5.56 Å². The van der Waals surface area contributed by atoms with E-state index >= 15 is 0 Å². The molecule has 0 aromatic heterocycles. The monoisotopic (exact) mass is 364 g/mol. The van der Waals surface area contributed by atoms with Crippen molar-refractivity contribution in [3.8, 4) is 5.75 Å². The molecule has 0 atom stereocenters. The van der Waals surface area contributed by atoms with Crippen LogP contribution in [0.15, 0.2) is 42.5 Å². The molecule has 2 rings (SSSR count). The average molecular weight is 365 g/mol. The highest BCUT2D eigenvalue weighted by atomic mass is 35.5. The lowest BCUT2D eigenvalue weighted by Gasteiger charge is -2.08. The van der Waals surface area contributed by atoms with Crippen LogP contribution >= 0.6 is 11.6 Å². The van der Waals surface area contributed by atoms with Crippen molar-refractivity contribution >= 4 is 23.4 Å². The number of halogens is 2. The Morgan fingerprint density at radius 1 is 1.04 bits per heavy atom. The third-order valence-electron chi connectivity index (χ3n) is 3.48. The van der Waals surface area contributed by atoms with Crippen LogP contribution < -0.4 is 15.6 Å². The van der Waals surface area contributed by atoms with Crippen molar-refractivity contribution in [2.45, 2.75) is 19.3 Å². The summed E-state index contributed by atoms with van der Waals surface area (Å²) in [5.41, 5.74) is 6.23. The van der Waals surface area contributed by atoms with Gasteiger partial charge in [-0.2, -0.15) is 0 Å². The van der Waals surface area contributed by atoms with Crippen LogP contribution in [0.2, 0.25) is 5.02 Å². The lowest BCUT2D eigenvalue weighted by atomic mass is 10.1. The van der Waals surface area contributed by atoms with E-state index in [1.54, 1.807) is 12.1 Å². The number of hydrogen-bond acceptors (Lipinski definition) is 3.